The van der Waals surface area contributed by atoms with Crippen LogP contribution in [0.3, 0.4) is 0 Å². The Balaban J connectivity index is 1.54. The average molecular weight is 490 g/mol. The van der Waals surface area contributed by atoms with E-state index in [4.69, 9.17) is 16.3 Å². The van der Waals surface area contributed by atoms with Crippen LogP contribution in [0.2, 0.25) is 5.02 Å². The summed E-state index contributed by atoms with van der Waals surface area (Å²) in [6, 6.07) is 16.0. The van der Waals surface area contributed by atoms with Gasteiger partial charge in [0, 0.05) is 20.4 Å². The number of aromatic nitrogens is 2. The number of thiophene rings is 1. The molecule has 2 aromatic carbocycles. The molecular weight excluding hydrogens is 476 g/mol. The largest absolute Gasteiger partial charge is 0.453 e. The van der Waals surface area contributed by atoms with Gasteiger partial charge in [-0.3, -0.25) is 4.79 Å². The molecular formula is C21H14BrClN2O3S. The lowest BCUT2D eigenvalue weighted by molar-refractivity contribution is 0.0479. The smallest absolute Gasteiger partial charge is 0.348 e. The van der Waals surface area contributed by atoms with Crippen molar-refractivity contribution in [2.24, 2.45) is 0 Å². The highest BCUT2D eigenvalue weighted by atomic mass is 79.9. The van der Waals surface area contributed by atoms with E-state index in [2.05, 4.69) is 21.0 Å². The second-order valence-electron chi connectivity index (χ2n) is 6.31. The standard InChI is InChI=1S/C21H14BrClN2O3S/c1-12-17-10-19(21(27)28-11-18(26)13-2-4-14(22)5-3-13)29-20(17)25(24-12)16-8-6-15(23)7-9-16/h2-10H,11H2,1H3. The maximum Gasteiger partial charge on any atom is 0.348 e. The summed E-state index contributed by atoms with van der Waals surface area (Å²) in [6.07, 6.45) is 0. The molecule has 0 unspecified atom stereocenters. The molecule has 0 amide bonds. The third kappa shape index (κ3) is 4.12. The molecule has 0 saturated carbocycles. The monoisotopic (exact) mass is 488 g/mol. The summed E-state index contributed by atoms with van der Waals surface area (Å²) in [4.78, 5) is 26.0. The van der Waals surface area contributed by atoms with E-state index in [9.17, 15) is 9.59 Å². The van der Waals surface area contributed by atoms with Gasteiger partial charge in [0.25, 0.3) is 0 Å². The van der Waals surface area contributed by atoms with E-state index in [0.717, 1.165) is 26.1 Å². The van der Waals surface area contributed by atoms with Crippen LogP contribution in [0, 0.1) is 6.92 Å². The number of hydrogen-bond acceptors (Lipinski definition) is 5. The van der Waals surface area contributed by atoms with Gasteiger partial charge >= 0.3 is 5.97 Å². The Bertz CT molecular complexity index is 1210. The van der Waals surface area contributed by atoms with E-state index >= 15 is 0 Å². The molecule has 0 radical (unpaired) electrons. The number of esters is 1. The molecule has 0 bridgehead atoms. The maximum atomic E-state index is 12.5. The van der Waals surface area contributed by atoms with Crippen molar-refractivity contribution >= 4 is 60.8 Å². The molecule has 0 saturated heterocycles. The summed E-state index contributed by atoms with van der Waals surface area (Å²) in [6.45, 7) is 1.57. The van der Waals surface area contributed by atoms with Crippen LogP contribution in [-0.4, -0.2) is 28.1 Å². The minimum atomic E-state index is -0.529. The molecule has 4 rings (SSSR count). The zero-order chi connectivity index (χ0) is 20.5. The van der Waals surface area contributed by atoms with Crippen LogP contribution in [0.5, 0.6) is 0 Å². The van der Waals surface area contributed by atoms with Crippen molar-refractivity contribution in [3.8, 4) is 5.69 Å². The quantitative estimate of drug-likeness (QED) is 0.260. The molecule has 146 valence electrons. The van der Waals surface area contributed by atoms with E-state index in [1.165, 1.54) is 11.3 Å². The van der Waals surface area contributed by atoms with Gasteiger partial charge in [-0.25, -0.2) is 9.48 Å². The third-order valence-electron chi connectivity index (χ3n) is 4.32. The van der Waals surface area contributed by atoms with Crippen molar-refractivity contribution in [2.75, 3.05) is 6.61 Å². The van der Waals surface area contributed by atoms with Gasteiger partial charge in [0.05, 0.1) is 11.4 Å². The number of ketones is 1. The minimum Gasteiger partial charge on any atom is -0.453 e. The first-order chi connectivity index (χ1) is 13.9. The molecule has 0 atom stereocenters. The zero-order valence-electron chi connectivity index (χ0n) is 15.2. The average Bonchev–Trinajstić information content (AvgIpc) is 3.28. The van der Waals surface area contributed by atoms with Crippen molar-refractivity contribution < 1.29 is 14.3 Å². The number of benzene rings is 2. The summed E-state index contributed by atoms with van der Waals surface area (Å²) in [7, 11) is 0. The molecule has 29 heavy (non-hydrogen) atoms. The van der Waals surface area contributed by atoms with Crippen LogP contribution >= 0.6 is 38.9 Å². The molecule has 2 heterocycles. The number of halogens is 2. The molecule has 0 fully saturated rings. The number of ether oxygens (including phenoxy) is 1. The van der Waals surface area contributed by atoms with Gasteiger partial charge in [-0.05, 0) is 49.4 Å². The van der Waals surface area contributed by atoms with Crippen LogP contribution in [0.4, 0.5) is 0 Å². The fourth-order valence-corrected chi connectivity index (χ4v) is 4.29. The first kappa shape index (κ1) is 19.8. The Labute approximate surface area is 184 Å². The lowest BCUT2D eigenvalue weighted by Gasteiger charge is -2.04. The van der Waals surface area contributed by atoms with E-state index in [1.54, 1.807) is 47.1 Å². The Morgan fingerprint density at radius 1 is 1.14 bits per heavy atom. The molecule has 8 heteroatoms. The number of hydrogen-bond donors (Lipinski definition) is 0. The SMILES string of the molecule is Cc1nn(-c2ccc(Cl)cc2)c2sc(C(=O)OCC(=O)c3ccc(Br)cc3)cc12. The second-order valence-corrected chi connectivity index (χ2v) is 8.69. The predicted octanol–water partition coefficient (Wildman–Crippen LogP) is 5.85. The number of nitrogens with zero attached hydrogens (tertiary/aromatic N) is 2. The molecule has 0 aliphatic rings. The number of fused-ring (bicyclic) bond motifs is 1. The fraction of sp³-hybridized carbons (Fsp3) is 0.0952. The van der Waals surface area contributed by atoms with Gasteiger partial charge in [-0.15, -0.1) is 11.3 Å². The Morgan fingerprint density at radius 2 is 1.83 bits per heavy atom. The van der Waals surface area contributed by atoms with Crippen molar-refractivity contribution in [3.63, 3.8) is 0 Å². The molecule has 0 aliphatic carbocycles. The highest BCUT2D eigenvalue weighted by molar-refractivity contribution is 9.10. The van der Waals surface area contributed by atoms with E-state index in [1.807, 2.05) is 19.1 Å². The lowest BCUT2D eigenvalue weighted by atomic mass is 10.1. The second kappa shape index (κ2) is 8.10. The van der Waals surface area contributed by atoms with Crippen LogP contribution in [-0.2, 0) is 4.74 Å². The number of aryl methyl sites for hydroxylation is 1. The third-order valence-corrected chi connectivity index (χ3v) is 6.19. The summed E-state index contributed by atoms with van der Waals surface area (Å²) in [5.41, 5.74) is 2.14. The molecule has 0 spiro atoms. The zero-order valence-corrected chi connectivity index (χ0v) is 18.3. The normalized spacial score (nSPS) is 11.0. The van der Waals surface area contributed by atoms with Crippen molar-refractivity contribution in [1.29, 1.82) is 0 Å². The number of carbonyl (C=O) groups is 2. The van der Waals surface area contributed by atoms with Crippen molar-refractivity contribution in [1.82, 2.24) is 9.78 Å². The van der Waals surface area contributed by atoms with Crippen LogP contribution in [0.15, 0.2) is 59.1 Å². The number of carbonyl (C=O) groups excluding carboxylic acids is 2. The number of Topliss-reactive ketones (excluding diaryl/α,β-unsaturated/α-hetero) is 1. The summed E-state index contributed by atoms with van der Waals surface area (Å²) in [5.74, 6) is -0.783. The maximum absolute atomic E-state index is 12.5. The Morgan fingerprint density at radius 3 is 2.52 bits per heavy atom. The van der Waals surface area contributed by atoms with Gasteiger partial charge in [0.1, 0.15) is 9.71 Å². The van der Waals surface area contributed by atoms with Crippen LogP contribution in [0.25, 0.3) is 15.9 Å². The van der Waals surface area contributed by atoms with Crippen molar-refractivity contribution in [2.45, 2.75) is 6.92 Å². The van der Waals surface area contributed by atoms with E-state index in [0.29, 0.717) is 15.5 Å². The van der Waals surface area contributed by atoms with E-state index < -0.39 is 5.97 Å². The molecule has 4 aromatic rings. The lowest BCUT2D eigenvalue weighted by Crippen LogP contribution is -2.13. The molecule has 2 aromatic heterocycles. The van der Waals surface area contributed by atoms with Crippen LogP contribution < -0.4 is 0 Å². The van der Waals surface area contributed by atoms with Gasteiger partial charge < -0.3 is 4.74 Å². The molecule has 5 nitrogen and oxygen atoms in total. The van der Waals surface area contributed by atoms with Gasteiger partial charge in [-0.2, -0.15) is 5.10 Å². The first-order valence-electron chi connectivity index (χ1n) is 8.63. The summed E-state index contributed by atoms with van der Waals surface area (Å²) in [5, 5.41) is 6.06. The molecule has 0 aliphatic heterocycles. The van der Waals surface area contributed by atoms with E-state index in [-0.39, 0.29) is 12.4 Å². The van der Waals surface area contributed by atoms with Crippen LogP contribution in [0.1, 0.15) is 25.7 Å². The molecule has 0 N–H and O–H groups in total. The predicted molar refractivity (Wildman–Crippen MR) is 117 cm³/mol. The van der Waals surface area contributed by atoms with Crippen molar-refractivity contribution in [3.05, 3.63) is 80.2 Å². The first-order valence-corrected chi connectivity index (χ1v) is 10.6. The number of rotatable bonds is 5. The van der Waals surface area contributed by atoms with Gasteiger partial charge in [-0.1, -0.05) is 39.7 Å². The highest BCUT2D eigenvalue weighted by Crippen LogP contribution is 2.31. The Hall–Kier alpha value is -2.48. The topological polar surface area (TPSA) is 61.2 Å². The summed E-state index contributed by atoms with van der Waals surface area (Å²) < 4.78 is 7.89. The van der Waals surface area contributed by atoms with Gasteiger partial charge in [0.2, 0.25) is 0 Å². The highest BCUT2D eigenvalue weighted by Gasteiger charge is 2.19. The fourth-order valence-electron chi connectivity index (χ4n) is 2.83. The summed E-state index contributed by atoms with van der Waals surface area (Å²) >= 11 is 10.6. The van der Waals surface area contributed by atoms with Gasteiger partial charge in [0.15, 0.2) is 12.4 Å². The Kier molecular flexibility index (Phi) is 5.54. The minimum absolute atomic E-state index is 0.254.